The molecule has 1 heterocycles. The molecule has 1 aromatic heterocycles. The number of aryl methyl sites for hydroxylation is 1. The van der Waals surface area contributed by atoms with Crippen LogP contribution in [0.3, 0.4) is 0 Å². The molecule has 28 heavy (non-hydrogen) atoms. The molecule has 0 saturated heterocycles. The summed E-state index contributed by atoms with van der Waals surface area (Å²) >= 11 is 14.6. The number of benzene rings is 2. The van der Waals surface area contributed by atoms with Gasteiger partial charge in [0, 0.05) is 22.5 Å². The molecule has 0 aliphatic heterocycles. The van der Waals surface area contributed by atoms with Crippen molar-refractivity contribution in [3.63, 3.8) is 0 Å². The Labute approximate surface area is 178 Å². The summed E-state index contributed by atoms with van der Waals surface area (Å²) in [5, 5.41) is 6.47. The van der Waals surface area contributed by atoms with Gasteiger partial charge in [-0.1, -0.05) is 53.3 Å². The van der Waals surface area contributed by atoms with Gasteiger partial charge in [-0.3, -0.25) is 4.99 Å². The molecule has 2 bridgehead atoms. The number of rotatable bonds is 3. The lowest BCUT2D eigenvalue weighted by atomic mass is 9.96. The van der Waals surface area contributed by atoms with E-state index in [0.717, 1.165) is 50.8 Å². The Bertz CT molecular complexity index is 1090. The molecule has 3 atom stereocenters. The van der Waals surface area contributed by atoms with Crippen molar-refractivity contribution in [2.75, 3.05) is 0 Å². The largest absolute Gasteiger partial charge is 0.254 e. The van der Waals surface area contributed by atoms with E-state index in [-0.39, 0.29) is 4.87 Å². The van der Waals surface area contributed by atoms with Crippen molar-refractivity contribution in [1.82, 2.24) is 9.78 Å². The molecule has 0 amide bonds. The predicted octanol–water partition coefficient (Wildman–Crippen LogP) is 5.92. The molecule has 0 radical (unpaired) electrons. The number of hydrogen-bond donors (Lipinski definition) is 0. The summed E-state index contributed by atoms with van der Waals surface area (Å²) in [7, 11) is 1.97. The normalized spacial score (nSPS) is 26.9. The van der Waals surface area contributed by atoms with E-state index in [1.165, 1.54) is 6.42 Å². The highest BCUT2D eigenvalue weighted by Gasteiger charge is 2.49. The molecule has 144 valence electrons. The van der Waals surface area contributed by atoms with Crippen molar-refractivity contribution < 1.29 is 0 Å². The zero-order valence-electron chi connectivity index (χ0n) is 15.6. The summed E-state index contributed by atoms with van der Waals surface area (Å²) in [5.74, 6) is 0.624. The number of halogens is 2. The summed E-state index contributed by atoms with van der Waals surface area (Å²) in [5.41, 5.74) is 3.31. The van der Waals surface area contributed by atoms with Crippen molar-refractivity contribution in [1.29, 1.82) is 0 Å². The minimum atomic E-state index is -0.0123. The summed E-state index contributed by atoms with van der Waals surface area (Å²) in [4.78, 5) is 6.01. The smallest absolute Gasteiger partial charge is 0.203 e. The van der Waals surface area contributed by atoms with Gasteiger partial charge in [0.05, 0.1) is 6.04 Å². The van der Waals surface area contributed by atoms with Crippen LogP contribution in [0.1, 0.15) is 25.7 Å². The molecular weight excluding hydrogens is 409 g/mol. The van der Waals surface area contributed by atoms with Gasteiger partial charge >= 0.3 is 0 Å². The Morgan fingerprint density at radius 1 is 1.14 bits per heavy atom. The Balaban J connectivity index is 1.56. The second-order valence-corrected chi connectivity index (χ2v) is 10.1. The summed E-state index contributed by atoms with van der Waals surface area (Å²) < 4.78 is 1.90. The number of nitrogens with zero attached hydrogens (tertiary/aromatic N) is 3. The lowest BCUT2D eigenvalue weighted by Crippen LogP contribution is -2.24. The third-order valence-electron chi connectivity index (χ3n) is 5.99. The molecule has 2 aromatic carbocycles. The minimum absolute atomic E-state index is 0.0123. The maximum absolute atomic E-state index is 6.71. The van der Waals surface area contributed by atoms with Crippen LogP contribution >= 0.6 is 34.5 Å². The highest BCUT2D eigenvalue weighted by molar-refractivity contribution is 7.12. The van der Waals surface area contributed by atoms with Gasteiger partial charge in [0.15, 0.2) is 0 Å². The number of fused-ring (bicyclic) bond motifs is 2. The first-order valence-electron chi connectivity index (χ1n) is 9.63. The zero-order valence-corrected chi connectivity index (χ0v) is 17.9. The third kappa shape index (κ3) is 3.32. The van der Waals surface area contributed by atoms with Crippen LogP contribution in [0.5, 0.6) is 0 Å². The quantitative estimate of drug-likeness (QED) is 0.475. The Morgan fingerprint density at radius 3 is 2.68 bits per heavy atom. The van der Waals surface area contributed by atoms with E-state index in [1.807, 2.05) is 42.1 Å². The van der Waals surface area contributed by atoms with Crippen molar-refractivity contribution in [2.24, 2.45) is 18.0 Å². The molecule has 3 aromatic rings. The highest BCUT2D eigenvalue weighted by atomic mass is 35.5. The lowest BCUT2D eigenvalue weighted by molar-refractivity contribution is 0.421. The van der Waals surface area contributed by atoms with Crippen LogP contribution in [0, 0.1) is 5.92 Å². The van der Waals surface area contributed by atoms with Gasteiger partial charge in [0.25, 0.3) is 0 Å². The van der Waals surface area contributed by atoms with Crippen LogP contribution in [0.15, 0.2) is 53.5 Å². The van der Waals surface area contributed by atoms with Crippen LogP contribution < -0.4 is 4.80 Å². The SMILES string of the molecule is Cn1nc(-c2ccc(Cl)cc2-c2ccccc2)sc1=NC1CC2(Cl)CCC1C2. The van der Waals surface area contributed by atoms with E-state index in [4.69, 9.17) is 33.3 Å². The molecule has 2 fully saturated rings. The van der Waals surface area contributed by atoms with Gasteiger partial charge in [-0.15, -0.1) is 11.6 Å². The van der Waals surface area contributed by atoms with E-state index in [9.17, 15) is 0 Å². The standard InChI is InChI=1S/C22H21Cl2N3S/c1-27-21(25-19-13-22(24)10-9-15(19)12-22)28-20(26-27)17-8-7-16(23)11-18(17)14-5-3-2-4-6-14/h2-8,11,15,19H,9-10,12-13H2,1H3. The van der Waals surface area contributed by atoms with Gasteiger partial charge in [-0.2, -0.15) is 5.10 Å². The maximum atomic E-state index is 6.71. The van der Waals surface area contributed by atoms with Gasteiger partial charge in [0.2, 0.25) is 4.80 Å². The fraction of sp³-hybridized carbons (Fsp3) is 0.364. The van der Waals surface area contributed by atoms with Crippen molar-refractivity contribution in [3.05, 3.63) is 58.4 Å². The Morgan fingerprint density at radius 2 is 1.96 bits per heavy atom. The van der Waals surface area contributed by atoms with E-state index in [1.54, 1.807) is 11.3 Å². The molecule has 3 nitrogen and oxygen atoms in total. The molecule has 3 unspecified atom stereocenters. The van der Waals surface area contributed by atoms with E-state index in [0.29, 0.717) is 12.0 Å². The van der Waals surface area contributed by atoms with Crippen LogP contribution in [0.4, 0.5) is 0 Å². The van der Waals surface area contributed by atoms with Crippen LogP contribution in [0.2, 0.25) is 5.02 Å². The molecule has 2 aliphatic carbocycles. The second kappa shape index (κ2) is 7.01. The zero-order chi connectivity index (χ0) is 19.3. The fourth-order valence-electron chi connectivity index (χ4n) is 4.60. The first-order chi connectivity index (χ1) is 13.5. The Kier molecular flexibility index (Phi) is 4.61. The van der Waals surface area contributed by atoms with Gasteiger partial charge in [-0.05, 0) is 60.9 Å². The van der Waals surface area contributed by atoms with Gasteiger partial charge in [-0.25, -0.2) is 4.68 Å². The van der Waals surface area contributed by atoms with Crippen molar-refractivity contribution >= 4 is 34.5 Å². The molecule has 0 N–H and O–H groups in total. The lowest BCUT2D eigenvalue weighted by Gasteiger charge is -2.21. The van der Waals surface area contributed by atoms with Crippen molar-refractivity contribution in [2.45, 2.75) is 36.6 Å². The van der Waals surface area contributed by atoms with E-state index < -0.39 is 0 Å². The first-order valence-corrected chi connectivity index (χ1v) is 11.2. The predicted molar refractivity (Wildman–Crippen MR) is 117 cm³/mol. The number of aromatic nitrogens is 2. The average molecular weight is 430 g/mol. The topological polar surface area (TPSA) is 30.2 Å². The summed E-state index contributed by atoms with van der Waals surface area (Å²) in [6.45, 7) is 0. The third-order valence-corrected chi connectivity index (χ3v) is 7.77. The van der Waals surface area contributed by atoms with E-state index >= 15 is 0 Å². The molecular formula is C22H21Cl2N3S. The van der Waals surface area contributed by atoms with E-state index in [2.05, 4.69) is 18.2 Å². The molecule has 0 spiro atoms. The highest BCUT2D eigenvalue weighted by Crippen LogP contribution is 2.52. The number of alkyl halides is 1. The fourth-order valence-corrected chi connectivity index (χ4v) is 6.22. The summed E-state index contributed by atoms with van der Waals surface area (Å²) in [6, 6.07) is 16.6. The van der Waals surface area contributed by atoms with Gasteiger partial charge < -0.3 is 0 Å². The molecule has 6 heteroatoms. The minimum Gasteiger partial charge on any atom is -0.254 e. The molecule has 2 saturated carbocycles. The first kappa shape index (κ1) is 18.4. The molecule has 5 rings (SSSR count). The Hall–Kier alpha value is -1.62. The molecule has 2 aliphatic rings. The van der Waals surface area contributed by atoms with Crippen molar-refractivity contribution in [3.8, 4) is 21.7 Å². The van der Waals surface area contributed by atoms with Crippen LogP contribution in [-0.4, -0.2) is 20.7 Å². The summed E-state index contributed by atoms with van der Waals surface area (Å²) in [6.07, 6.45) is 4.43. The monoisotopic (exact) mass is 429 g/mol. The average Bonchev–Trinajstić information content (AvgIpc) is 3.34. The van der Waals surface area contributed by atoms with Crippen LogP contribution in [-0.2, 0) is 7.05 Å². The number of hydrogen-bond acceptors (Lipinski definition) is 3. The van der Waals surface area contributed by atoms with Crippen LogP contribution in [0.25, 0.3) is 21.7 Å². The maximum Gasteiger partial charge on any atom is 0.203 e. The van der Waals surface area contributed by atoms with Gasteiger partial charge in [0.1, 0.15) is 5.01 Å². The second-order valence-electron chi connectivity index (χ2n) is 7.92.